The van der Waals surface area contributed by atoms with Gasteiger partial charge in [0.25, 0.3) is 11.5 Å². The van der Waals surface area contributed by atoms with E-state index in [0.29, 0.717) is 6.54 Å². The second kappa shape index (κ2) is 12.9. The number of fused-ring (bicyclic) bond motifs is 1. The summed E-state index contributed by atoms with van der Waals surface area (Å²) in [7, 11) is 6.19. The highest BCUT2D eigenvalue weighted by Gasteiger charge is 2.25. The van der Waals surface area contributed by atoms with Gasteiger partial charge in [0.15, 0.2) is 11.9 Å². The van der Waals surface area contributed by atoms with Gasteiger partial charge >= 0.3 is 6.09 Å². The molecule has 0 saturated carbocycles. The van der Waals surface area contributed by atoms with Crippen LogP contribution in [0.15, 0.2) is 53.6 Å². The largest absolute Gasteiger partial charge is 0.436 e. The molecule has 3 rings (SSSR count). The number of amides is 3. The highest BCUT2D eigenvalue weighted by atomic mass is 19.1. The SMILES string of the molecule is CCn1c(Cn2ccnc(NC(=O)[C@H](CC/C=C/C(=O)N(C)C)OC(=O)N(C)C)c2=O)cc2cc(F)ccc21. The van der Waals surface area contributed by atoms with Gasteiger partial charge in [-0.25, -0.2) is 14.2 Å². The number of nitrogens with zero attached hydrogens (tertiary/aromatic N) is 5. The van der Waals surface area contributed by atoms with Gasteiger partial charge in [-0.2, -0.15) is 0 Å². The number of nitrogens with one attached hydrogen (secondary N) is 1. The first-order valence-electron chi connectivity index (χ1n) is 12.4. The fraction of sp³-hybridized carbons (Fsp3) is 0.370. The van der Waals surface area contributed by atoms with E-state index in [4.69, 9.17) is 4.74 Å². The number of ether oxygens (including phenoxy) is 1. The van der Waals surface area contributed by atoms with Crippen molar-refractivity contribution in [2.45, 2.75) is 39.0 Å². The molecule has 0 radical (unpaired) electrons. The third-order valence-corrected chi connectivity index (χ3v) is 5.95. The third kappa shape index (κ3) is 7.30. The second-order valence-corrected chi connectivity index (χ2v) is 9.26. The van der Waals surface area contributed by atoms with Gasteiger partial charge in [0.05, 0.1) is 6.54 Å². The molecule has 2 aromatic heterocycles. The Morgan fingerprint density at radius 2 is 1.90 bits per heavy atom. The highest BCUT2D eigenvalue weighted by molar-refractivity contribution is 5.94. The van der Waals surface area contributed by atoms with Crippen molar-refractivity contribution in [3.8, 4) is 0 Å². The minimum atomic E-state index is -1.23. The Kier molecular flexibility index (Phi) is 9.58. The van der Waals surface area contributed by atoms with Crippen molar-refractivity contribution >= 4 is 34.6 Å². The molecular weight excluding hydrogens is 507 g/mol. The Morgan fingerprint density at radius 3 is 2.56 bits per heavy atom. The summed E-state index contributed by atoms with van der Waals surface area (Å²) in [6.07, 6.45) is 4.21. The van der Waals surface area contributed by atoms with Crippen LogP contribution in [-0.2, 0) is 27.4 Å². The van der Waals surface area contributed by atoms with Crippen LogP contribution >= 0.6 is 0 Å². The molecule has 0 fully saturated rings. The summed E-state index contributed by atoms with van der Waals surface area (Å²) in [5, 5.41) is 3.19. The first-order chi connectivity index (χ1) is 18.5. The second-order valence-electron chi connectivity index (χ2n) is 9.26. The number of aromatic nitrogens is 3. The van der Waals surface area contributed by atoms with Gasteiger partial charge in [0, 0.05) is 63.7 Å². The third-order valence-electron chi connectivity index (χ3n) is 5.95. The van der Waals surface area contributed by atoms with Gasteiger partial charge in [-0.15, -0.1) is 0 Å². The quantitative estimate of drug-likeness (QED) is 0.395. The van der Waals surface area contributed by atoms with E-state index in [1.807, 2.05) is 17.6 Å². The summed E-state index contributed by atoms with van der Waals surface area (Å²) in [5.74, 6) is -1.52. The standard InChI is InChI=1S/C27H33FN6O5/c1-6-34-20(16-18-15-19(28)11-12-21(18)34)17-33-14-13-29-24(26(33)37)30-25(36)22(39-27(38)32(4)5)9-7-8-10-23(35)31(2)3/h8,10-16,22H,6-7,9,17H2,1-5H3,(H,29,30,36)/b10-8+/t22-/m0/s1. The Balaban J connectivity index is 1.80. The van der Waals surface area contributed by atoms with Crippen molar-refractivity contribution in [2.75, 3.05) is 33.5 Å². The molecular formula is C27H33FN6O5. The first kappa shape index (κ1) is 29.1. The molecule has 0 saturated heterocycles. The van der Waals surface area contributed by atoms with E-state index in [-0.39, 0.29) is 36.9 Å². The van der Waals surface area contributed by atoms with E-state index < -0.39 is 23.7 Å². The normalized spacial score (nSPS) is 11.9. The molecule has 0 unspecified atom stereocenters. The number of hydrogen-bond acceptors (Lipinski definition) is 6. The molecule has 1 N–H and O–H groups in total. The van der Waals surface area contributed by atoms with Crippen LogP contribution in [0.1, 0.15) is 25.5 Å². The van der Waals surface area contributed by atoms with E-state index in [1.165, 1.54) is 59.1 Å². The number of allylic oxidation sites excluding steroid dienone is 1. The Morgan fingerprint density at radius 1 is 1.15 bits per heavy atom. The molecule has 0 bridgehead atoms. The number of carbonyl (C=O) groups excluding carboxylic acids is 3. The van der Waals surface area contributed by atoms with Crippen LogP contribution < -0.4 is 10.9 Å². The molecule has 12 heteroatoms. The molecule has 3 aromatic rings. The van der Waals surface area contributed by atoms with Crippen molar-refractivity contribution in [1.29, 1.82) is 0 Å². The summed E-state index contributed by atoms with van der Waals surface area (Å²) < 4.78 is 22.4. The van der Waals surface area contributed by atoms with Crippen molar-refractivity contribution < 1.29 is 23.5 Å². The zero-order valence-electron chi connectivity index (χ0n) is 22.7. The summed E-state index contributed by atoms with van der Waals surface area (Å²) in [6.45, 7) is 2.73. The first-order valence-corrected chi connectivity index (χ1v) is 12.4. The number of benzene rings is 1. The maximum atomic E-state index is 13.7. The highest BCUT2D eigenvalue weighted by Crippen LogP contribution is 2.22. The number of likely N-dealkylation sites (N-methyl/N-ethyl adjacent to an activating group) is 1. The smallest absolute Gasteiger partial charge is 0.410 e. The topological polar surface area (TPSA) is 119 Å². The number of halogens is 1. The lowest BCUT2D eigenvalue weighted by molar-refractivity contribution is -0.125. The molecule has 39 heavy (non-hydrogen) atoms. The van der Waals surface area contributed by atoms with Gasteiger partial charge in [0.1, 0.15) is 5.82 Å². The average Bonchev–Trinajstić information content (AvgIpc) is 3.23. The predicted octanol–water partition coefficient (Wildman–Crippen LogP) is 2.84. The molecule has 0 aliphatic carbocycles. The van der Waals surface area contributed by atoms with Crippen LogP contribution in [0.3, 0.4) is 0 Å². The van der Waals surface area contributed by atoms with Gasteiger partial charge in [-0.05, 0) is 50.1 Å². The van der Waals surface area contributed by atoms with Crippen LogP contribution in [0.4, 0.5) is 15.0 Å². The maximum absolute atomic E-state index is 13.7. The molecule has 1 atom stereocenters. The summed E-state index contributed by atoms with van der Waals surface area (Å²) in [4.78, 5) is 56.7. The Bertz CT molecular complexity index is 1440. The fourth-order valence-electron chi connectivity index (χ4n) is 3.88. The molecule has 3 amide bonds. The van der Waals surface area contributed by atoms with E-state index in [0.717, 1.165) is 16.6 Å². The zero-order valence-corrected chi connectivity index (χ0v) is 22.7. The molecule has 1 aromatic carbocycles. The molecule has 11 nitrogen and oxygen atoms in total. The maximum Gasteiger partial charge on any atom is 0.410 e. The Labute approximate surface area is 225 Å². The Hall–Kier alpha value is -4.48. The van der Waals surface area contributed by atoms with Crippen molar-refractivity contribution in [2.24, 2.45) is 0 Å². The summed E-state index contributed by atoms with van der Waals surface area (Å²) in [5.41, 5.74) is 1.07. The van der Waals surface area contributed by atoms with Crippen LogP contribution in [0.2, 0.25) is 0 Å². The van der Waals surface area contributed by atoms with E-state index in [2.05, 4.69) is 10.3 Å². The monoisotopic (exact) mass is 540 g/mol. The van der Waals surface area contributed by atoms with Crippen molar-refractivity contribution in [3.63, 3.8) is 0 Å². The van der Waals surface area contributed by atoms with E-state index >= 15 is 0 Å². The minimum Gasteiger partial charge on any atom is -0.436 e. The van der Waals surface area contributed by atoms with Gasteiger partial charge < -0.3 is 29.0 Å². The van der Waals surface area contributed by atoms with Gasteiger partial charge in [0.2, 0.25) is 5.91 Å². The van der Waals surface area contributed by atoms with Gasteiger partial charge in [-0.3, -0.25) is 14.4 Å². The molecule has 0 aliphatic rings. The van der Waals surface area contributed by atoms with Crippen LogP contribution in [-0.4, -0.2) is 76.1 Å². The lowest BCUT2D eigenvalue weighted by atomic mass is 10.1. The molecule has 2 heterocycles. The fourth-order valence-corrected chi connectivity index (χ4v) is 3.88. The number of hydrogen-bond donors (Lipinski definition) is 1. The lowest BCUT2D eigenvalue weighted by Crippen LogP contribution is -2.38. The lowest BCUT2D eigenvalue weighted by Gasteiger charge is -2.19. The molecule has 0 aliphatic heterocycles. The zero-order chi connectivity index (χ0) is 28.7. The molecule has 0 spiro atoms. The predicted molar refractivity (Wildman–Crippen MR) is 145 cm³/mol. The van der Waals surface area contributed by atoms with Crippen molar-refractivity contribution in [3.05, 3.63) is 70.7 Å². The summed E-state index contributed by atoms with van der Waals surface area (Å²) in [6, 6.07) is 6.34. The minimum absolute atomic E-state index is 0.0802. The number of aryl methyl sites for hydroxylation is 1. The van der Waals surface area contributed by atoms with Crippen LogP contribution in [0, 0.1) is 5.82 Å². The number of anilines is 1. The van der Waals surface area contributed by atoms with Crippen molar-refractivity contribution in [1.82, 2.24) is 23.9 Å². The van der Waals surface area contributed by atoms with Crippen LogP contribution in [0.5, 0.6) is 0 Å². The molecule has 208 valence electrons. The van der Waals surface area contributed by atoms with Gasteiger partial charge in [-0.1, -0.05) is 6.08 Å². The average molecular weight is 541 g/mol. The van der Waals surface area contributed by atoms with E-state index in [9.17, 15) is 23.6 Å². The summed E-state index contributed by atoms with van der Waals surface area (Å²) >= 11 is 0. The number of carbonyl (C=O) groups is 3. The van der Waals surface area contributed by atoms with E-state index in [1.54, 1.807) is 26.2 Å². The van der Waals surface area contributed by atoms with Crippen LogP contribution in [0.25, 0.3) is 10.9 Å². The number of rotatable bonds is 10.